The number of hydrazine groups is 1. The van der Waals surface area contributed by atoms with E-state index in [0.29, 0.717) is 11.3 Å². The maximum atomic E-state index is 12.4. The summed E-state index contributed by atoms with van der Waals surface area (Å²) in [7, 11) is 3.52. The molecule has 0 saturated heterocycles. The Labute approximate surface area is 153 Å². The molecule has 26 heavy (non-hydrogen) atoms. The lowest BCUT2D eigenvalue weighted by molar-refractivity contribution is -0.123. The Bertz CT molecular complexity index is 806. The zero-order valence-corrected chi connectivity index (χ0v) is 15.0. The Morgan fingerprint density at radius 2 is 1.85 bits per heavy atom. The van der Waals surface area contributed by atoms with Crippen LogP contribution >= 0.6 is 0 Å². The minimum Gasteiger partial charge on any atom is -0.496 e. The smallest absolute Gasteiger partial charge is 0.273 e. The van der Waals surface area contributed by atoms with Crippen molar-refractivity contribution in [2.45, 2.75) is 18.9 Å². The van der Waals surface area contributed by atoms with E-state index in [4.69, 9.17) is 4.74 Å². The van der Waals surface area contributed by atoms with E-state index in [2.05, 4.69) is 27.9 Å². The van der Waals surface area contributed by atoms with Gasteiger partial charge in [-0.3, -0.25) is 25.3 Å². The number of hydrogen-bond donors (Lipinski definition) is 2. The standard InChI is InChI=1S/C20H23N3O3/c1-23-12-11-14-7-3-4-8-15(14)17(23)13-19(24)21-22-20(25)16-9-5-6-10-18(16)26-2/h3-10,17H,11-13H2,1-2H3,(H,21,24)(H,22,25). The number of rotatable bonds is 4. The molecule has 1 atom stereocenters. The number of carbonyl (C=O) groups excluding carboxylic acids is 2. The van der Waals surface area contributed by atoms with Gasteiger partial charge in [0.15, 0.2) is 0 Å². The highest BCUT2D eigenvalue weighted by atomic mass is 16.5. The van der Waals surface area contributed by atoms with Crippen LogP contribution in [-0.2, 0) is 11.2 Å². The van der Waals surface area contributed by atoms with E-state index < -0.39 is 5.91 Å². The van der Waals surface area contributed by atoms with Crippen molar-refractivity contribution in [1.82, 2.24) is 15.8 Å². The molecule has 6 nitrogen and oxygen atoms in total. The fraction of sp³-hybridized carbons (Fsp3) is 0.300. The van der Waals surface area contributed by atoms with Crippen LogP contribution in [0, 0.1) is 0 Å². The van der Waals surface area contributed by atoms with Crippen LogP contribution in [0.4, 0.5) is 0 Å². The summed E-state index contributed by atoms with van der Waals surface area (Å²) >= 11 is 0. The molecule has 0 aromatic heterocycles. The van der Waals surface area contributed by atoms with Gasteiger partial charge in [-0.25, -0.2) is 0 Å². The highest BCUT2D eigenvalue weighted by Crippen LogP contribution is 2.30. The van der Waals surface area contributed by atoms with E-state index in [1.54, 1.807) is 24.3 Å². The molecule has 1 heterocycles. The van der Waals surface area contributed by atoms with Crippen LogP contribution in [0.15, 0.2) is 48.5 Å². The highest BCUT2D eigenvalue weighted by molar-refractivity contribution is 5.97. The van der Waals surface area contributed by atoms with Crippen molar-refractivity contribution in [2.75, 3.05) is 20.7 Å². The van der Waals surface area contributed by atoms with Crippen LogP contribution in [0.3, 0.4) is 0 Å². The molecule has 0 bridgehead atoms. The Balaban J connectivity index is 1.62. The van der Waals surface area contributed by atoms with E-state index >= 15 is 0 Å². The lowest BCUT2D eigenvalue weighted by Crippen LogP contribution is -2.44. The van der Waals surface area contributed by atoms with Gasteiger partial charge in [0.25, 0.3) is 5.91 Å². The lowest BCUT2D eigenvalue weighted by atomic mass is 9.91. The average Bonchev–Trinajstić information content (AvgIpc) is 2.68. The zero-order chi connectivity index (χ0) is 18.5. The predicted octanol–water partition coefficient (Wildman–Crippen LogP) is 2.08. The maximum Gasteiger partial charge on any atom is 0.273 e. The van der Waals surface area contributed by atoms with Gasteiger partial charge in [-0.1, -0.05) is 36.4 Å². The van der Waals surface area contributed by atoms with Crippen molar-refractivity contribution in [3.8, 4) is 5.75 Å². The van der Waals surface area contributed by atoms with Crippen LogP contribution in [0.2, 0.25) is 0 Å². The Morgan fingerprint density at radius 1 is 1.12 bits per heavy atom. The van der Waals surface area contributed by atoms with E-state index in [0.717, 1.165) is 13.0 Å². The first-order valence-corrected chi connectivity index (χ1v) is 8.60. The van der Waals surface area contributed by atoms with Gasteiger partial charge in [0.1, 0.15) is 5.75 Å². The molecule has 2 N–H and O–H groups in total. The molecular weight excluding hydrogens is 330 g/mol. The van der Waals surface area contributed by atoms with Crippen molar-refractivity contribution in [3.63, 3.8) is 0 Å². The molecule has 136 valence electrons. The molecular formula is C20H23N3O3. The molecule has 6 heteroatoms. The number of para-hydroxylation sites is 1. The number of likely N-dealkylation sites (N-methyl/N-ethyl adjacent to an activating group) is 1. The first-order chi connectivity index (χ1) is 12.6. The van der Waals surface area contributed by atoms with Gasteiger partial charge in [-0.15, -0.1) is 0 Å². The van der Waals surface area contributed by atoms with Crippen molar-refractivity contribution in [1.29, 1.82) is 0 Å². The summed E-state index contributed by atoms with van der Waals surface area (Å²) in [4.78, 5) is 26.8. The van der Waals surface area contributed by atoms with Gasteiger partial charge in [-0.2, -0.15) is 0 Å². The second kappa shape index (κ2) is 8.01. The molecule has 1 aliphatic heterocycles. The minimum atomic E-state index is -0.409. The molecule has 0 aliphatic carbocycles. The first kappa shape index (κ1) is 17.9. The second-order valence-corrected chi connectivity index (χ2v) is 6.35. The fourth-order valence-corrected chi connectivity index (χ4v) is 3.30. The molecule has 2 aromatic carbocycles. The summed E-state index contributed by atoms with van der Waals surface area (Å²) < 4.78 is 5.17. The Morgan fingerprint density at radius 3 is 2.65 bits per heavy atom. The lowest BCUT2D eigenvalue weighted by Gasteiger charge is -2.34. The van der Waals surface area contributed by atoms with E-state index in [-0.39, 0.29) is 18.4 Å². The maximum absolute atomic E-state index is 12.4. The topological polar surface area (TPSA) is 70.7 Å². The predicted molar refractivity (Wildman–Crippen MR) is 98.7 cm³/mol. The third-order valence-corrected chi connectivity index (χ3v) is 4.73. The quantitative estimate of drug-likeness (QED) is 0.826. The van der Waals surface area contributed by atoms with Gasteiger partial charge < -0.3 is 4.74 Å². The number of nitrogens with zero attached hydrogens (tertiary/aromatic N) is 1. The number of nitrogens with one attached hydrogen (secondary N) is 2. The molecule has 3 rings (SSSR count). The van der Waals surface area contributed by atoms with Gasteiger partial charge in [0.2, 0.25) is 5.91 Å². The van der Waals surface area contributed by atoms with Crippen molar-refractivity contribution in [2.24, 2.45) is 0 Å². The van der Waals surface area contributed by atoms with Crippen molar-refractivity contribution in [3.05, 3.63) is 65.2 Å². The van der Waals surface area contributed by atoms with Gasteiger partial charge in [0.05, 0.1) is 12.7 Å². The van der Waals surface area contributed by atoms with Crippen LogP contribution < -0.4 is 15.6 Å². The molecule has 0 radical (unpaired) electrons. The number of hydrogen-bond acceptors (Lipinski definition) is 4. The number of ether oxygens (including phenoxy) is 1. The first-order valence-electron chi connectivity index (χ1n) is 8.60. The number of benzene rings is 2. The largest absolute Gasteiger partial charge is 0.496 e. The average molecular weight is 353 g/mol. The van der Waals surface area contributed by atoms with Crippen LogP contribution in [-0.4, -0.2) is 37.4 Å². The molecule has 0 saturated carbocycles. The Kier molecular flexibility index (Phi) is 5.53. The monoisotopic (exact) mass is 353 g/mol. The third-order valence-electron chi connectivity index (χ3n) is 4.73. The second-order valence-electron chi connectivity index (χ2n) is 6.35. The summed E-state index contributed by atoms with van der Waals surface area (Å²) in [6.07, 6.45) is 1.26. The number of amides is 2. The SMILES string of the molecule is COc1ccccc1C(=O)NNC(=O)CC1c2ccccc2CCN1C. The van der Waals surface area contributed by atoms with Crippen LogP contribution in [0.1, 0.15) is 33.9 Å². The van der Waals surface area contributed by atoms with E-state index in [1.165, 1.54) is 18.2 Å². The number of carbonyl (C=O) groups is 2. The summed E-state index contributed by atoms with van der Waals surface area (Å²) in [5.41, 5.74) is 7.80. The molecule has 0 fully saturated rings. The molecule has 2 amide bonds. The van der Waals surface area contributed by atoms with E-state index in [1.807, 2.05) is 19.2 Å². The van der Waals surface area contributed by atoms with E-state index in [9.17, 15) is 9.59 Å². The van der Waals surface area contributed by atoms with Gasteiger partial charge in [0, 0.05) is 19.0 Å². The summed E-state index contributed by atoms with van der Waals surface area (Å²) in [5, 5.41) is 0. The number of methoxy groups -OCH3 is 1. The van der Waals surface area contributed by atoms with Crippen LogP contribution in [0.5, 0.6) is 5.75 Å². The molecule has 1 unspecified atom stereocenters. The molecule has 0 spiro atoms. The summed E-state index contributed by atoms with van der Waals surface area (Å²) in [5.74, 6) is -0.185. The molecule has 1 aliphatic rings. The van der Waals surface area contributed by atoms with Crippen molar-refractivity contribution < 1.29 is 14.3 Å². The van der Waals surface area contributed by atoms with Crippen molar-refractivity contribution >= 4 is 11.8 Å². The highest BCUT2D eigenvalue weighted by Gasteiger charge is 2.26. The molecule has 2 aromatic rings. The summed E-state index contributed by atoms with van der Waals surface area (Å²) in [6.45, 7) is 0.905. The normalized spacial score (nSPS) is 16.5. The van der Waals surface area contributed by atoms with Gasteiger partial charge in [-0.05, 0) is 36.7 Å². The fourth-order valence-electron chi connectivity index (χ4n) is 3.30. The zero-order valence-electron chi connectivity index (χ0n) is 15.0. The number of fused-ring (bicyclic) bond motifs is 1. The third kappa shape index (κ3) is 3.86. The van der Waals surface area contributed by atoms with Gasteiger partial charge >= 0.3 is 0 Å². The summed E-state index contributed by atoms with van der Waals surface area (Å²) in [6, 6.07) is 15.1. The Hall–Kier alpha value is -2.86. The van der Waals surface area contributed by atoms with Crippen LogP contribution in [0.25, 0.3) is 0 Å². The minimum absolute atomic E-state index is 0.00288.